The maximum absolute atomic E-state index is 13.1. The highest BCUT2D eigenvalue weighted by molar-refractivity contribution is 7.89. The molecule has 0 bridgehead atoms. The second-order valence-electron chi connectivity index (χ2n) is 9.34. The van der Waals surface area contributed by atoms with Crippen LogP contribution < -0.4 is 5.32 Å². The van der Waals surface area contributed by atoms with Crippen LogP contribution in [0.3, 0.4) is 0 Å². The molecule has 1 heterocycles. The molecule has 0 atom stereocenters. The Morgan fingerprint density at radius 3 is 2.33 bits per heavy atom. The zero-order valence-electron chi connectivity index (χ0n) is 18.9. The van der Waals surface area contributed by atoms with Crippen LogP contribution in [0.1, 0.15) is 56.1 Å². The summed E-state index contributed by atoms with van der Waals surface area (Å²) in [5.41, 5.74) is 1.88. The van der Waals surface area contributed by atoms with Crippen molar-refractivity contribution in [3.05, 3.63) is 29.3 Å². The summed E-state index contributed by atoms with van der Waals surface area (Å²) in [6.45, 7) is 5.27. The lowest BCUT2D eigenvalue weighted by Gasteiger charge is -2.43. The van der Waals surface area contributed by atoms with E-state index in [9.17, 15) is 13.2 Å². The molecule has 2 fully saturated rings. The molecule has 168 valence electrons. The van der Waals surface area contributed by atoms with Gasteiger partial charge in [-0.15, -0.1) is 0 Å². The molecule has 0 aromatic heterocycles. The fourth-order valence-corrected chi connectivity index (χ4v) is 6.65. The number of piperidine rings is 1. The third kappa shape index (κ3) is 4.89. The molecule has 3 rings (SSSR count). The number of hydrogen-bond donors (Lipinski definition) is 1. The average Bonchev–Trinajstić information content (AvgIpc) is 2.72. The number of sulfonamides is 1. The Morgan fingerprint density at radius 2 is 1.77 bits per heavy atom. The summed E-state index contributed by atoms with van der Waals surface area (Å²) < 4.78 is 27.7. The van der Waals surface area contributed by atoms with E-state index in [2.05, 4.69) is 24.3 Å². The topological polar surface area (TPSA) is 69.7 Å². The van der Waals surface area contributed by atoms with Gasteiger partial charge in [-0.05, 0) is 65.3 Å². The van der Waals surface area contributed by atoms with Gasteiger partial charge in [0, 0.05) is 31.1 Å². The molecule has 1 N–H and O–H groups in total. The Morgan fingerprint density at radius 1 is 1.13 bits per heavy atom. The van der Waals surface area contributed by atoms with Gasteiger partial charge in [0.25, 0.3) is 0 Å². The van der Waals surface area contributed by atoms with Gasteiger partial charge in [-0.3, -0.25) is 4.79 Å². The van der Waals surface area contributed by atoms with E-state index in [0.717, 1.165) is 24.0 Å². The van der Waals surface area contributed by atoms with Crippen molar-refractivity contribution in [1.29, 1.82) is 0 Å². The number of carbonyl (C=O) groups excluding carboxylic acids is 1. The smallest absolute Gasteiger partial charge is 0.243 e. The largest absolute Gasteiger partial charge is 0.354 e. The third-order valence-corrected chi connectivity index (χ3v) is 9.16. The van der Waals surface area contributed by atoms with Crippen LogP contribution in [0, 0.1) is 19.8 Å². The predicted molar refractivity (Wildman–Crippen MR) is 120 cm³/mol. The van der Waals surface area contributed by atoms with Crippen molar-refractivity contribution in [2.24, 2.45) is 5.92 Å². The lowest BCUT2D eigenvalue weighted by atomic mass is 9.80. The van der Waals surface area contributed by atoms with Crippen molar-refractivity contribution in [2.75, 3.05) is 33.7 Å². The quantitative estimate of drug-likeness (QED) is 0.746. The van der Waals surface area contributed by atoms with Crippen LogP contribution in [-0.4, -0.2) is 62.8 Å². The normalized spacial score (nSPS) is 21.0. The molecular formula is C23H37N3O3S. The average molecular weight is 436 g/mol. The zero-order chi connectivity index (χ0) is 21.9. The van der Waals surface area contributed by atoms with Crippen molar-refractivity contribution < 1.29 is 13.2 Å². The van der Waals surface area contributed by atoms with Gasteiger partial charge in [0.15, 0.2) is 0 Å². The first kappa shape index (κ1) is 23.2. The number of amides is 1. The highest BCUT2D eigenvalue weighted by atomic mass is 32.2. The minimum absolute atomic E-state index is 0.0565. The first-order valence-electron chi connectivity index (χ1n) is 11.2. The Bertz CT molecular complexity index is 852. The van der Waals surface area contributed by atoms with E-state index >= 15 is 0 Å². The van der Waals surface area contributed by atoms with Crippen LogP contribution in [0.2, 0.25) is 0 Å². The zero-order valence-corrected chi connectivity index (χ0v) is 19.7. The van der Waals surface area contributed by atoms with E-state index < -0.39 is 10.0 Å². The molecule has 1 aromatic carbocycles. The van der Waals surface area contributed by atoms with Gasteiger partial charge in [-0.1, -0.05) is 37.0 Å². The number of rotatable bonds is 6. The Balaban J connectivity index is 1.57. The summed E-state index contributed by atoms with van der Waals surface area (Å²) >= 11 is 0. The maximum Gasteiger partial charge on any atom is 0.243 e. The van der Waals surface area contributed by atoms with Crippen LogP contribution >= 0.6 is 0 Å². The third-order valence-electron chi connectivity index (χ3n) is 7.10. The minimum Gasteiger partial charge on any atom is -0.354 e. The summed E-state index contributed by atoms with van der Waals surface area (Å²) in [4.78, 5) is 15.5. The van der Waals surface area contributed by atoms with Gasteiger partial charge in [-0.2, -0.15) is 4.31 Å². The summed E-state index contributed by atoms with van der Waals surface area (Å²) in [5, 5.41) is 3.20. The van der Waals surface area contributed by atoms with Gasteiger partial charge < -0.3 is 10.2 Å². The SMILES string of the molecule is Cc1ccc(S(=O)(=O)N2CCC(C(=O)NCC3(N(C)C)CCCCC3)CC2)c(C)c1. The molecule has 0 unspecified atom stereocenters. The van der Waals surface area contributed by atoms with Crippen LogP contribution in [0.15, 0.2) is 23.1 Å². The summed E-state index contributed by atoms with van der Waals surface area (Å²) in [5.74, 6) is -0.0382. The van der Waals surface area contributed by atoms with Crippen molar-refractivity contribution in [2.45, 2.75) is 69.2 Å². The number of carbonyl (C=O) groups is 1. The molecule has 6 nitrogen and oxygen atoms in total. The Kier molecular flexibility index (Phi) is 7.25. The van der Waals surface area contributed by atoms with Crippen LogP contribution in [0.25, 0.3) is 0 Å². The van der Waals surface area contributed by atoms with Gasteiger partial charge >= 0.3 is 0 Å². The molecule has 0 radical (unpaired) electrons. The fourth-order valence-electron chi connectivity index (χ4n) is 4.97. The second kappa shape index (κ2) is 9.37. The summed E-state index contributed by atoms with van der Waals surface area (Å²) in [6, 6.07) is 5.44. The van der Waals surface area contributed by atoms with Crippen molar-refractivity contribution in [3.63, 3.8) is 0 Å². The maximum atomic E-state index is 13.1. The predicted octanol–water partition coefficient (Wildman–Crippen LogP) is 3.08. The molecule has 0 spiro atoms. The van der Waals surface area contributed by atoms with E-state index in [-0.39, 0.29) is 17.4 Å². The number of nitrogens with one attached hydrogen (secondary N) is 1. The first-order chi connectivity index (χ1) is 14.2. The van der Waals surface area contributed by atoms with Gasteiger partial charge in [0.05, 0.1) is 4.90 Å². The Hall–Kier alpha value is -1.44. The molecule has 7 heteroatoms. The van der Waals surface area contributed by atoms with E-state index in [0.29, 0.717) is 37.4 Å². The molecule has 2 aliphatic rings. The van der Waals surface area contributed by atoms with Crippen molar-refractivity contribution in [1.82, 2.24) is 14.5 Å². The summed E-state index contributed by atoms with van der Waals surface area (Å²) in [7, 11) is 0.696. The van der Waals surface area contributed by atoms with Crippen molar-refractivity contribution in [3.8, 4) is 0 Å². The lowest BCUT2D eigenvalue weighted by molar-refractivity contribution is -0.126. The highest BCUT2D eigenvalue weighted by Crippen LogP contribution is 2.32. The van der Waals surface area contributed by atoms with E-state index in [1.54, 1.807) is 6.07 Å². The number of hydrogen-bond acceptors (Lipinski definition) is 4. The molecule has 1 saturated heterocycles. The molecule has 1 aliphatic carbocycles. The molecule has 1 aromatic rings. The minimum atomic E-state index is -3.51. The monoisotopic (exact) mass is 435 g/mol. The number of likely N-dealkylation sites (N-methyl/N-ethyl adjacent to an activating group) is 1. The van der Waals surface area contributed by atoms with Crippen molar-refractivity contribution >= 4 is 15.9 Å². The fraction of sp³-hybridized carbons (Fsp3) is 0.696. The second-order valence-corrected chi connectivity index (χ2v) is 11.3. The van der Waals surface area contributed by atoms with Crippen LogP contribution in [0.4, 0.5) is 0 Å². The van der Waals surface area contributed by atoms with Crippen LogP contribution in [-0.2, 0) is 14.8 Å². The number of benzene rings is 1. The molecule has 1 saturated carbocycles. The molecule has 30 heavy (non-hydrogen) atoms. The van der Waals surface area contributed by atoms with Gasteiger partial charge in [-0.25, -0.2) is 8.42 Å². The highest BCUT2D eigenvalue weighted by Gasteiger charge is 2.36. The lowest BCUT2D eigenvalue weighted by Crippen LogP contribution is -2.55. The number of aryl methyl sites for hydroxylation is 2. The number of nitrogens with zero attached hydrogens (tertiary/aromatic N) is 2. The van der Waals surface area contributed by atoms with E-state index in [4.69, 9.17) is 0 Å². The molecular weight excluding hydrogens is 398 g/mol. The van der Waals surface area contributed by atoms with Gasteiger partial charge in [0.1, 0.15) is 0 Å². The first-order valence-corrected chi connectivity index (χ1v) is 12.6. The van der Waals surface area contributed by atoms with E-state index in [1.807, 2.05) is 26.0 Å². The summed E-state index contributed by atoms with van der Waals surface area (Å²) in [6.07, 6.45) is 7.08. The van der Waals surface area contributed by atoms with Gasteiger partial charge in [0.2, 0.25) is 15.9 Å². The van der Waals surface area contributed by atoms with Crippen LogP contribution in [0.5, 0.6) is 0 Å². The Labute approximate surface area is 182 Å². The standard InChI is InChI=1S/C23H37N3O3S/c1-18-8-9-21(19(2)16-18)30(28,29)26-14-10-20(11-15-26)22(27)24-17-23(25(3)4)12-6-5-7-13-23/h8-9,16,20H,5-7,10-15,17H2,1-4H3,(H,24,27). The molecule has 1 aliphatic heterocycles. The van der Waals surface area contributed by atoms with E-state index in [1.165, 1.54) is 23.6 Å². The molecule has 1 amide bonds.